The molecule has 1 aliphatic heterocycles. The number of hydrogen-bond donors (Lipinski definition) is 1. The van der Waals surface area contributed by atoms with Gasteiger partial charge in [0.25, 0.3) is 11.8 Å². The maximum absolute atomic E-state index is 12.9. The predicted molar refractivity (Wildman–Crippen MR) is 114 cm³/mol. The van der Waals surface area contributed by atoms with Crippen molar-refractivity contribution in [2.24, 2.45) is 5.14 Å². The molecule has 2 amide bonds. The molecular weight excluding hydrogens is 692 g/mol. The van der Waals surface area contributed by atoms with Crippen molar-refractivity contribution in [1.82, 2.24) is 0 Å². The molecule has 3 rings (SSSR count). The molecule has 0 unspecified atom stereocenters. The van der Waals surface area contributed by atoms with Crippen molar-refractivity contribution in [3.8, 4) is 0 Å². The molecule has 1 heterocycles. The molecule has 6 nitrogen and oxygen atoms in total. The van der Waals surface area contributed by atoms with Crippen molar-refractivity contribution < 1.29 is 18.0 Å². The van der Waals surface area contributed by atoms with Gasteiger partial charge in [-0.2, -0.15) is 0 Å². The van der Waals surface area contributed by atoms with Crippen LogP contribution in [-0.4, -0.2) is 20.2 Å². The van der Waals surface area contributed by atoms with Crippen molar-refractivity contribution in [3.63, 3.8) is 0 Å². The topological polar surface area (TPSA) is 97.5 Å². The van der Waals surface area contributed by atoms with Gasteiger partial charge in [-0.15, -0.1) is 0 Å². The minimum absolute atomic E-state index is 0.141. The van der Waals surface area contributed by atoms with E-state index in [1.165, 1.54) is 18.2 Å². The van der Waals surface area contributed by atoms with Crippen LogP contribution in [0, 0.1) is 0 Å². The molecule has 1 aliphatic rings. The number of anilines is 1. The lowest BCUT2D eigenvalue weighted by Gasteiger charge is -2.16. The summed E-state index contributed by atoms with van der Waals surface area (Å²) < 4.78 is 25.2. The number of fused-ring (bicyclic) bond motifs is 1. The number of rotatable bonds is 2. The fourth-order valence-corrected chi connectivity index (χ4v) is 6.12. The number of benzene rings is 2. The normalized spacial score (nSPS) is 14.2. The van der Waals surface area contributed by atoms with Crippen molar-refractivity contribution in [2.45, 2.75) is 4.90 Å². The van der Waals surface area contributed by atoms with Gasteiger partial charge in [0, 0.05) is 22.4 Å². The number of amides is 2. The Bertz CT molecular complexity index is 1070. The zero-order chi connectivity index (χ0) is 19.5. The van der Waals surface area contributed by atoms with Crippen LogP contribution < -0.4 is 10.0 Å². The average Bonchev–Trinajstić information content (AvgIpc) is 2.81. The van der Waals surface area contributed by atoms with Crippen molar-refractivity contribution in [1.29, 1.82) is 0 Å². The molecule has 2 aromatic carbocycles. The summed E-state index contributed by atoms with van der Waals surface area (Å²) in [5.41, 5.74) is 0.591. The number of nitrogens with two attached hydrogens (primary N) is 1. The lowest BCUT2D eigenvalue weighted by Crippen LogP contribution is -2.30. The third-order valence-electron chi connectivity index (χ3n) is 3.59. The first kappa shape index (κ1) is 20.6. The second-order valence-electron chi connectivity index (χ2n) is 5.11. The van der Waals surface area contributed by atoms with Crippen molar-refractivity contribution in [3.05, 3.63) is 51.7 Å². The van der Waals surface area contributed by atoms with Gasteiger partial charge in [-0.25, -0.2) is 18.5 Å². The van der Waals surface area contributed by atoms with Gasteiger partial charge in [-0.1, -0.05) is 0 Å². The molecule has 0 fully saturated rings. The molecule has 0 atom stereocenters. The number of primary sulfonamides is 1. The lowest BCUT2D eigenvalue weighted by molar-refractivity contribution is 0.0925. The molecule has 0 saturated heterocycles. The molecule has 0 radical (unpaired) electrons. The van der Waals surface area contributed by atoms with Gasteiger partial charge in [-0.05, 0) is 97.8 Å². The largest absolute Gasteiger partial charge is 0.268 e. The molecule has 0 aliphatic carbocycles. The van der Waals surface area contributed by atoms with E-state index in [4.69, 9.17) is 5.14 Å². The van der Waals surface area contributed by atoms with Crippen molar-refractivity contribution >= 4 is 107 Å². The molecule has 0 aromatic heterocycles. The minimum Gasteiger partial charge on any atom is -0.268 e. The van der Waals surface area contributed by atoms with Crippen LogP contribution >= 0.6 is 79.6 Å². The Kier molecular flexibility index (Phi) is 5.59. The maximum Gasteiger partial charge on any atom is 0.267 e. The van der Waals surface area contributed by atoms with E-state index in [2.05, 4.69) is 79.6 Å². The zero-order valence-electron chi connectivity index (χ0n) is 12.2. The van der Waals surface area contributed by atoms with Crippen LogP contribution in [0.25, 0.3) is 0 Å². The van der Waals surface area contributed by atoms with Crippen LogP contribution in [0.2, 0.25) is 0 Å². The first-order chi connectivity index (χ1) is 12.0. The number of sulfonamides is 1. The Morgan fingerprint density at radius 3 is 1.65 bits per heavy atom. The number of carbonyl (C=O) groups is 2. The first-order valence-corrected chi connectivity index (χ1v) is 12.0. The highest BCUT2D eigenvalue weighted by atomic mass is 79.9. The van der Waals surface area contributed by atoms with Gasteiger partial charge in [0.2, 0.25) is 10.0 Å². The zero-order valence-corrected chi connectivity index (χ0v) is 20.9. The first-order valence-electron chi connectivity index (χ1n) is 6.54. The smallest absolute Gasteiger partial charge is 0.267 e. The fraction of sp³-hybridized carbons (Fsp3) is 0. The molecule has 0 bridgehead atoms. The van der Waals surface area contributed by atoms with E-state index < -0.39 is 21.8 Å². The van der Waals surface area contributed by atoms with E-state index in [0.717, 1.165) is 4.90 Å². The number of hydrogen-bond acceptors (Lipinski definition) is 4. The summed E-state index contributed by atoms with van der Waals surface area (Å²) in [6.07, 6.45) is 0. The summed E-state index contributed by atoms with van der Waals surface area (Å²) in [6, 6.07) is 3.82. The van der Waals surface area contributed by atoms with Crippen LogP contribution in [0.15, 0.2) is 45.5 Å². The highest BCUT2D eigenvalue weighted by molar-refractivity contribution is 9.15. The maximum atomic E-state index is 12.9. The second kappa shape index (κ2) is 7.05. The van der Waals surface area contributed by atoms with Crippen LogP contribution in [0.5, 0.6) is 0 Å². The Morgan fingerprint density at radius 1 is 0.808 bits per heavy atom. The summed E-state index contributed by atoms with van der Waals surface area (Å²) in [5.74, 6) is -1.09. The molecule has 12 heteroatoms. The Morgan fingerprint density at radius 2 is 1.27 bits per heavy atom. The van der Waals surface area contributed by atoms with E-state index in [-0.39, 0.29) is 26.2 Å². The van der Waals surface area contributed by atoms with Gasteiger partial charge in [0.1, 0.15) is 0 Å². The average molecular weight is 697 g/mol. The molecule has 26 heavy (non-hydrogen) atoms. The third kappa shape index (κ3) is 3.16. The standard InChI is InChI=1S/C14H5Br5N2O4S/c15-5-3-4(26(20,24)25)1-2-6(5)21-13(22)7-8(14(21)23)10(17)12(19)11(18)9(7)16/h1-3H,(H2,20,24,25). The molecule has 2 aromatic rings. The van der Waals surface area contributed by atoms with E-state index in [9.17, 15) is 18.0 Å². The molecule has 136 valence electrons. The Hall–Kier alpha value is -0.110. The van der Waals surface area contributed by atoms with Gasteiger partial charge >= 0.3 is 0 Å². The monoisotopic (exact) mass is 692 g/mol. The minimum atomic E-state index is -3.92. The highest BCUT2D eigenvalue weighted by Crippen LogP contribution is 2.46. The SMILES string of the molecule is NS(=O)(=O)c1ccc(N2C(=O)c3c(Br)c(Br)c(Br)c(Br)c3C2=O)c(Br)c1. The summed E-state index contributed by atoms with van der Waals surface area (Å²) >= 11 is 16.6. The number of carbonyl (C=O) groups excluding carboxylic acids is 2. The number of imide groups is 1. The highest BCUT2D eigenvalue weighted by Gasteiger charge is 2.42. The van der Waals surface area contributed by atoms with Gasteiger partial charge < -0.3 is 0 Å². The van der Waals surface area contributed by atoms with Crippen molar-refractivity contribution in [2.75, 3.05) is 4.90 Å². The Labute approximate surface area is 190 Å². The third-order valence-corrected chi connectivity index (χ3v) is 9.90. The molecule has 0 saturated carbocycles. The molecular formula is C14H5Br5N2O4S. The van der Waals surface area contributed by atoms with Crippen LogP contribution in [0.3, 0.4) is 0 Å². The van der Waals surface area contributed by atoms with Gasteiger partial charge in [0.15, 0.2) is 0 Å². The molecule has 2 N–H and O–H groups in total. The van der Waals surface area contributed by atoms with E-state index >= 15 is 0 Å². The van der Waals surface area contributed by atoms with E-state index in [1.807, 2.05) is 0 Å². The van der Waals surface area contributed by atoms with Crippen LogP contribution in [-0.2, 0) is 10.0 Å². The van der Waals surface area contributed by atoms with Crippen LogP contribution in [0.4, 0.5) is 5.69 Å². The van der Waals surface area contributed by atoms with Crippen LogP contribution in [0.1, 0.15) is 20.7 Å². The molecule has 0 spiro atoms. The lowest BCUT2D eigenvalue weighted by atomic mass is 10.1. The summed E-state index contributed by atoms with van der Waals surface area (Å²) in [4.78, 5) is 26.7. The predicted octanol–water partition coefficient (Wildman–Crippen LogP) is 4.95. The van der Waals surface area contributed by atoms with E-state index in [0.29, 0.717) is 17.9 Å². The van der Waals surface area contributed by atoms with Gasteiger partial charge in [-0.3, -0.25) is 9.59 Å². The van der Waals surface area contributed by atoms with E-state index in [1.54, 1.807) is 0 Å². The number of halogens is 5. The summed E-state index contributed by atoms with van der Waals surface area (Å²) in [7, 11) is -3.92. The second-order valence-corrected chi connectivity index (χ2v) is 10.7. The van der Waals surface area contributed by atoms with Gasteiger partial charge in [0.05, 0.1) is 21.7 Å². The fourth-order valence-electron chi connectivity index (χ4n) is 2.41. The Balaban J connectivity index is 2.21. The summed E-state index contributed by atoms with van der Waals surface area (Å²) in [5, 5.41) is 5.11. The number of nitrogens with zero attached hydrogens (tertiary/aromatic N) is 1. The quantitative estimate of drug-likeness (QED) is 0.273. The summed E-state index contributed by atoms with van der Waals surface area (Å²) in [6.45, 7) is 0.